The van der Waals surface area contributed by atoms with Gasteiger partial charge >= 0.3 is 70.2 Å². The van der Waals surface area contributed by atoms with E-state index >= 15 is 0 Å². The minimum atomic E-state index is -1.25. The Bertz CT molecular complexity index is 40.5. The molecule has 0 bridgehead atoms. The maximum atomic E-state index is 5.30. The summed E-state index contributed by atoms with van der Waals surface area (Å²) < 4.78 is -0.903. The van der Waals surface area contributed by atoms with Gasteiger partial charge in [-0.1, -0.05) is 0 Å². The van der Waals surface area contributed by atoms with Crippen LogP contribution in [0.5, 0.6) is 0 Å². The van der Waals surface area contributed by atoms with Crippen molar-refractivity contribution in [3.05, 3.63) is 0 Å². The van der Waals surface area contributed by atoms with Crippen LogP contribution in [0.1, 0.15) is 0 Å². The summed E-state index contributed by atoms with van der Waals surface area (Å²) in [4.78, 5) is 0. The molecule has 0 rings (SSSR count). The van der Waals surface area contributed by atoms with Crippen molar-refractivity contribution in [1.82, 2.24) is 0 Å². The Balaban J connectivity index is 3.17. The van der Waals surface area contributed by atoms with Crippen molar-refractivity contribution < 1.29 is 22.1 Å². The second-order valence-corrected chi connectivity index (χ2v) is 18.6. The normalized spacial score (nSPS) is 10.7. The van der Waals surface area contributed by atoms with Gasteiger partial charge in [0.1, 0.15) is 0 Å². The minimum absolute atomic E-state index is 0.903. The summed E-state index contributed by atoms with van der Waals surface area (Å²) in [6.07, 6.45) is 0. The molecule has 0 saturated carbocycles. The van der Waals surface area contributed by atoms with E-state index in [2.05, 4.69) is 11.9 Å². The van der Waals surface area contributed by atoms with Gasteiger partial charge in [0.2, 0.25) is 0 Å². The molecule has 0 nitrogen and oxygen atoms in total. The number of hydrogen-bond donors (Lipinski definition) is 0. The molecule has 5 heteroatoms. The number of halogens is 4. The summed E-state index contributed by atoms with van der Waals surface area (Å²) in [6.45, 7) is 0. The van der Waals surface area contributed by atoms with Crippen LogP contribution in [0.2, 0.25) is 0 Å². The summed E-state index contributed by atoms with van der Waals surface area (Å²) >= 11 is 17.8. The first-order valence-electron chi connectivity index (χ1n) is 1.19. The topological polar surface area (TPSA) is 0 Å². The molecule has 0 unspecified atom stereocenters. The van der Waals surface area contributed by atoms with Crippen LogP contribution in [-0.2, 0) is 22.1 Å². The first-order valence-corrected chi connectivity index (χ1v) is 17.0. The molecule has 34 valence electrons. The van der Waals surface area contributed by atoms with Crippen molar-refractivity contribution in [3.63, 3.8) is 0 Å². The molecule has 0 aromatic rings. The Morgan fingerprint density at radius 2 is 1.50 bits per heavy atom. The van der Waals surface area contributed by atoms with E-state index in [9.17, 15) is 0 Å². The molecule has 0 aliphatic rings. The summed E-state index contributed by atoms with van der Waals surface area (Å²) in [6, 6.07) is 0. The van der Waals surface area contributed by atoms with Crippen LogP contribution in [0.25, 0.3) is 0 Å². The van der Waals surface area contributed by atoms with E-state index in [4.69, 9.17) is 34.8 Å². The fourth-order valence-corrected chi connectivity index (χ4v) is 0. The molecule has 0 saturated heterocycles. The second-order valence-electron chi connectivity index (χ2n) is 0.749. The first kappa shape index (κ1) is 8.29. The third kappa shape index (κ3) is 6.29. The van der Waals surface area contributed by atoms with Crippen LogP contribution in [0.4, 0.5) is 0 Å². The van der Waals surface area contributed by atoms with Crippen LogP contribution in [0.15, 0.2) is 0 Å². The fraction of sp³-hybridized carbons (Fsp3) is 1.00. The Kier molecular flexibility index (Phi) is 4.61. The van der Waals surface area contributed by atoms with Crippen molar-refractivity contribution in [1.29, 1.82) is 0 Å². The number of rotatable bonds is 0. The van der Waals surface area contributed by atoms with Crippen molar-refractivity contribution >= 4 is 46.7 Å². The summed E-state index contributed by atoms with van der Waals surface area (Å²) in [5.74, 6) is 0. The average Bonchev–Trinajstić information content (AvgIpc) is 1.35. The van der Waals surface area contributed by atoms with E-state index < -0.39 is 23.4 Å². The third-order valence-electron chi connectivity index (χ3n) is 0.152. The summed E-state index contributed by atoms with van der Waals surface area (Å²) in [5, 5.41) is 0. The van der Waals surface area contributed by atoms with Crippen LogP contribution < -0.4 is 0 Å². The van der Waals surface area contributed by atoms with Gasteiger partial charge in [-0.25, -0.2) is 0 Å². The average molecular weight is 399 g/mol. The predicted molar refractivity (Wildman–Crippen MR) is 29.2 cm³/mol. The Labute approximate surface area is 69.2 Å². The van der Waals surface area contributed by atoms with Crippen molar-refractivity contribution in [3.8, 4) is 0 Å². The zero-order valence-electron chi connectivity index (χ0n) is 2.72. The summed E-state index contributed by atoms with van der Waals surface area (Å²) in [7, 11) is 0. The van der Waals surface area contributed by atoms with Crippen molar-refractivity contribution in [2.24, 2.45) is 0 Å². The first-order chi connectivity index (χ1) is 2.56. The van der Waals surface area contributed by atoms with Gasteiger partial charge in [0.25, 0.3) is 0 Å². The van der Waals surface area contributed by atoms with E-state index in [1.165, 1.54) is 0 Å². The fourth-order valence-electron chi connectivity index (χ4n) is 0. The molecule has 0 aromatic heterocycles. The molecule has 0 aromatic carbocycles. The zero-order chi connectivity index (χ0) is 5.21. The molecule has 0 radical (unpaired) electrons. The van der Waals surface area contributed by atoms with Gasteiger partial charge in [-0.2, -0.15) is 0 Å². The van der Waals surface area contributed by atoms with Gasteiger partial charge in [0.15, 0.2) is 0 Å². The van der Waals surface area contributed by atoms with E-state index in [0.717, 1.165) is 0 Å². The van der Waals surface area contributed by atoms with E-state index in [0.29, 0.717) is 0 Å². The van der Waals surface area contributed by atoms with Crippen molar-refractivity contribution in [2.45, 2.75) is 1.30 Å². The SMILES string of the molecule is Cl[C](Cl)(Cl)[Hg][Br]. The van der Waals surface area contributed by atoms with Gasteiger partial charge < -0.3 is 0 Å². The number of alkyl halides is 3. The molecule has 0 N–H and O–H groups in total. The quantitative estimate of drug-likeness (QED) is 0.435. The summed E-state index contributed by atoms with van der Waals surface area (Å²) in [5.41, 5.74) is 0. The third-order valence-corrected chi connectivity index (χ3v) is 20.7. The van der Waals surface area contributed by atoms with Gasteiger partial charge in [-0.05, 0) is 0 Å². The molecule has 0 atom stereocenters. The molecule has 0 fully saturated rings. The molecular weight excluding hydrogens is 399 g/mol. The number of hydrogen-bond acceptors (Lipinski definition) is 0. The van der Waals surface area contributed by atoms with Crippen LogP contribution >= 0.6 is 46.7 Å². The molecule has 0 aliphatic carbocycles. The van der Waals surface area contributed by atoms with Gasteiger partial charge in [0.05, 0.1) is 0 Å². The maximum absolute atomic E-state index is 5.30. The van der Waals surface area contributed by atoms with Crippen LogP contribution in [0, 0.1) is 0 Å². The van der Waals surface area contributed by atoms with Gasteiger partial charge in [-0.3, -0.25) is 0 Å². The standard InChI is InChI=1S/CCl3.BrH.Hg/c2-1(3)4;;/h;1H;/q;;+1/p-1. The molecule has 0 amide bonds. The Morgan fingerprint density at radius 3 is 1.50 bits per heavy atom. The predicted octanol–water partition coefficient (Wildman–Crippen LogP) is 2.71. The Hall–Kier alpha value is 2.29. The zero-order valence-corrected chi connectivity index (χ0v) is 12.1. The van der Waals surface area contributed by atoms with Crippen molar-refractivity contribution in [2.75, 3.05) is 0 Å². The molecule has 0 spiro atoms. The molecule has 6 heavy (non-hydrogen) atoms. The van der Waals surface area contributed by atoms with Gasteiger partial charge in [-0.15, -0.1) is 0 Å². The molecular formula is CBrCl3Hg. The monoisotopic (exact) mass is 398 g/mol. The van der Waals surface area contributed by atoms with Crippen LogP contribution in [-0.4, -0.2) is 1.30 Å². The van der Waals surface area contributed by atoms with E-state index in [1.807, 2.05) is 0 Å². The van der Waals surface area contributed by atoms with Crippen LogP contribution in [0.3, 0.4) is 0 Å². The molecule has 0 heterocycles. The molecule has 0 aliphatic heterocycles. The Morgan fingerprint density at radius 1 is 1.33 bits per heavy atom. The van der Waals surface area contributed by atoms with E-state index in [-0.39, 0.29) is 0 Å². The van der Waals surface area contributed by atoms with Gasteiger partial charge in [0, 0.05) is 0 Å². The second kappa shape index (κ2) is 3.34. The van der Waals surface area contributed by atoms with E-state index in [1.54, 1.807) is 0 Å².